The first-order valence-electron chi connectivity index (χ1n) is 8.98. The number of nitrogens with zero attached hydrogens (tertiary/aromatic N) is 4. The summed E-state index contributed by atoms with van der Waals surface area (Å²) >= 11 is 0. The van der Waals surface area contributed by atoms with E-state index in [2.05, 4.69) is 15.1 Å². The van der Waals surface area contributed by atoms with Crippen LogP contribution in [0.15, 0.2) is 36.9 Å². The predicted octanol–water partition coefficient (Wildman–Crippen LogP) is 1.36. The van der Waals surface area contributed by atoms with E-state index in [1.165, 1.54) is 0 Å². The van der Waals surface area contributed by atoms with Gasteiger partial charge in [0.15, 0.2) is 12.0 Å². The number of aromatic nitrogens is 4. The Hall–Kier alpha value is -2.47. The average molecular weight is 466 g/mol. The zero-order valence-corrected chi connectivity index (χ0v) is 17.7. The Morgan fingerprint density at radius 3 is 2.23 bits per heavy atom. The van der Waals surface area contributed by atoms with Gasteiger partial charge in [-0.15, -0.1) is 0 Å². The van der Waals surface area contributed by atoms with Gasteiger partial charge in [-0.2, -0.15) is 13.2 Å². The van der Waals surface area contributed by atoms with Gasteiger partial charge in [-0.05, 0) is 25.0 Å². The van der Waals surface area contributed by atoms with Crippen LogP contribution in [0.25, 0.3) is 11.4 Å². The standard InChI is InChI=1S/C15H22N4O4P.C2HF3O2/c1-3-22-24(20,23-4-2)11-10-21-13-19-9-6-14(12-18-19)15-16-7-5-8-17-15;3-2(4,5)1(6)7/h5-9,12H,3-4,10-11,13H2,1-2H3;(H,6,7)/q+1;/p-1. The molecule has 0 fully saturated rings. The molecule has 0 aliphatic heterocycles. The van der Waals surface area contributed by atoms with E-state index >= 15 is 0 Å². The highest BCUT2D eigenvalue weighted by molar-refractivity contribution is 7.53. The van der Waals surface area contributed by atoms with Crippen molar-refractivity contribution in [1.29, 1.82) is 0 Å². The molecule has 2 rings (SSSR count). The highest BCUT2D eigenvalue weighted by Crippen LogP contribution is 2.47. The molecule has 0 aliphatic rings. The van der Waals surface area contributed by atoms with Crippen molar-refractivity contribution in [3.63, 3.8) is 0 Å². The van der Waals surface area contributed by atoms with Crippen molar-refractivity contribution in [1.82, 2.24) is 15.1 Å². The number of carboxylic acid groups (broad SMARTS) is 1. The minimum Gasteiger partial charge on any atom is -0.542 e. The maximum absolute atomic E-state index is 12.3. The van der Waals surface area contributed by atoms with Gasteiger partial charge >= 0.3 is 13.8 Å². The second-order valence-electron chi connectivity index (χ2n) is 5.52. The van der Waals surface area contributed by atoms with Crippen molar-refractivity contribution >= 4 is 13.6 Å². The largest absolute Gasteiger partial charge is 0.542 e. The molecule has 0 saturated heterocycles. The van der Waals surface area contributed by atoms with E-state index in [9.17, 15) is 17.7 Å². The summed E-state index contributed by atoms with van der Waals surface area (Å²) in [7, 11) is -3.06. The van der Waals surface area contributed by atoms with Crippen molar-refractivity contribution in [3.8, 4) is 11.4 Å². The summed E-state index contributed by atoms with van der Waals surface area (Å²) < 4.78 is 61.3. The normalized spacial score (nSPS) is 11.5. The second-order valence-corrected chi connectivity index (χ2v) is 7.71. The molecule has 0 saturated carbocycles. The summed E-state index contributed by atoms with van der Waals surface area (Å²) in [6.07, 6.45) is 1.83. The monoisotopic (exact) mass is 466 g/mol. The van der Waals surface area contributed by atoms with Crippen LogP contribution in [0.5, 0.6) is 0 Å². The minimum atomic E-state index is -5.19. The molecule has 0 aliphatic carbocycles. The van der Waals surface area contributed by atoms with Crippen molar-refractivity contribution in [2.45, 2.75) is 26.8 Å². The summed E-state index contributed by atoms with van der Waals surface area (Å²) in [4.78, 5) is 17.1. The van der Waals surface area contributed by atoms with Crippen LogP contribution in [-0.4, -0.2) is 53.2 Å². The van der Waals surface area contributed by atoms with E-state index in [4.69, 9.17) is 23.7 Å². The van der Waals surface area contributed by atoms with Crippen molar-refractivity contribution in [3.05, 3.63) is 36.9 Å². The SMILES string of the molecule is CCOP(=O)(CCOC[n+]1ccc(-c2ncccn2)cn1)OCC.O=C([O-])C(F)(F)F. The lowest BCUT2D eigenvalue weighted by Crippen LogP contribution is -2.38. The molecule has 0 N–H and O–H groups in total. The maximum Gasteiger partial charge on any atom is 0.430 e. The summed E-state index contributed by atoms with van der Waals surface area (Å²) in [6.45, 7) is 4.76. The number of hydrogen-bond donors (Lipinski definition) is 0. The van der Waals surface area contributed by atoms with E-state index < -0.39 is 19.7 Å². The van der Waals surface area contributed by atoms with Crippen LogP contribution in [0.2, 0.25) is 0 Å². The zero-order valence-electron chi connectivity index (χ0n) is 16.8. The molecule has 10 nitrogen and oxygen atoms in total. The number of carbonyl (C=O) groups is 1. The average Bonchev–Trinajstić information content (AvgIpc) is 2.72. The highest BCUT2D eigenvalue weighted by atomic mass is 31.2. The molecule has 2 heterocycles. The van der Waals surface area contributed by atoms with Gasteiger partial charge in [0.05, 0.1) is 26.0 Å². The molecule has 0 unspecified atom stereocenters. The topological polar surface area (TPSA) is 127 Å². The first-order valence-corrected chi connectivity index (χ1v) is 10.7. The van der Waals surface area contributed by atoms with Crippen LogP contribution in [-0.2, 0) is 29.9 Å². The minimum absolute atomic E-state index is 0.213. The van der Waals surface area contributed by atoms with E-state index in [1.807, 2.05) is 6.07 Å². The molecule has 0 amide bonds. The highest BCUT2D eigenvalue weighted by Gasteiger charge is 2.28. The fraction of sp³-hybridized carbons (Fsp3) is 0.471. The Bertz CT molecular complexity index is 830. The number of halogens is 3. The summed E-state index contributed by atoms with van der Waals surface area (Å²) in [6, 6.07) is 3.62. The van der Waals surface area contributed by atoms with Gasteiger partial charge < -0.3 is 23.7 Å². The number of rotatable bonds is 10. The third-order valence-electron chi connectivity index (χ3n) is 3.21. The van der Waals surface area contributed by atoms with Gasteiger partial charge in [-0.25, -0.2) is 9.97 Å². The third-order valence-corrected chi connectivity index (χ3v) is 5.24. The van der Waals surface area contributed by atoms with Gasteiger partial charge in [-0.1, -0.05) is 4.68 Å². The number of ether oxygens (including phenoxy) is 1. The number of alkyl halides is 3. The first-order chi connectivity index (χ1) is 14.6. The van der Waals surface area contributed by atoms with Crippen LogP contribution in [0.4, 0.5) is 13.2 Å². The number of carboxylic acids is 1. The molecule has 0 atom stereocenters. The van der Waals surface area contributed by atoms with E-state index in [0.29, 0.717) is 19.0 Å². The lowest BCUT2D eigenvalue weighted by molar-refractivity contribution is -0.784. The lowest BCUT2D eigenvalue weighted by atomic mass is 10.3. The smallest absolute Gasteiger partial charge is 0.430 e. The van der Waals surface area contributed by atoms with E-state index in [-0.39, 0.29) is 19.5 Å². The Balaban J connectivity index is 0.000000592. The van der Waals surface area contributed by atoms with Crippen molar-refractivity contribution in [2.24, 2.45) is 0 Å². The van der Waals surface area contributed by atoms with Gasteiger partial charge in [0.2, 0.25) is 0 Å². The molecule has 172 valence electrons. The number of carbonyl (C=O) groups excluding carboxylic acids is 1. The Morgan fingerprint density at radius 1 is 1.19 bits per heavy atom. The molecule has 0 radical (unpaired) electrons. The molecule has 0 aromatic carbocycles. The molecule has 0 bridgehead atoms. The number of hydrogen-bond acceptors (Lipinski definition) is 9. The lowest BCUT2D eigenvalue weighted by Gasteiger charge is -2.16. The van der Waals surface area contributed by atoms with Crippen molar-refractivity contribution < 1.29 is 46.1 Å². The van der Waals surface area contributed by atoms with E-state index in [0.717, 1.165) is 5.56 Å². The van der Waals surface area contributed by atoms with E-state index in [1.54, 1.807) is 49.4 Å². The Morgan fingerprint density at radius 2 is 1.77 bits per heavy atom. The quantitative estimate of drug-likeness (QED) is 0.290. The van der Waals surface area contributed by atoms with Crippen molar-refractivity contribution in [2.75, 3.05) is 26.0 Å². The summed E-state index contributed by atoms with van der Waals surface area (Å²) in [5, 5.41) is 13.0. The van der Waals surface area contributed by atoms with Gasteiger partial charge in [0, 0.05) is 24.0 Å². The Labute approximate surface area is 176 Å². The molecule has 14 heteroatoms. The zero-order chi connectivity index (χ0) is 23.3. The van der Waals surface area contributed by atoms with Crippen LogP contribution >= 0.6 is 7.60 Å². The van der Waals surface area contributed by atoms with Crippen LogP contribution < -0.4 is 9.79 Å². The first kappa shape index (κ1) is 26.6. The predicted molar refractivity (Wildman–Crippen MR) is 98.2 cm³/mol. The fourth-order valence-corrected chi connectivity index (χ4v) is 3.41. The molecule has 31 heavy (non-hydrogen) atoms. The van der Waals surface area contributed by atoms with Gasteiger partial charge in [0.1, 0.15) is 12.2 Å². The summed E-state index contributed by atoms with van der Waals surface area (Å²) in [5.41, 5.74) is 0.823. The Kier molecular flexibility index (Phi) is 11.2. The third kappa shape index (κ3) is 10.4. The van der Waals surface area contributed by atoms with Gasteiger partial charge in [0.25, 0.3) is 6.73 Å². The summed E-state index contributed by atoms with van der Waals surface area (Å²) in [5.74, 6) is -2.39. The van der Waals surface area contributed by atoms with Gasteiger partial charge in [-0.3, -0.25) is 4.57 Å². The molecular weight excluding hydrogens is 444 g/mol. The molecule has 2 aromatic rings. The number of aliphatic carboxylic acids is 1. The van der Waals surface area contributed by atoms with Crippen LogP contribution in [0.3, 0.4) is 0 Å². The fourth-order valence-electron chi connectivity index (χ4n) is 1.94. The maximum atomic E-state index is 12.3. The second kappa shape index (κ2) is 13.1. The molecule has 2 aromatic heterocycles. The van der Waals surface area contributed by atoms with Crippen LogP contribution in [0.1, 0.15) is 13.8 Å². The van der Waals surface area contributed by atoms with Crippen LogP contribution in [0, 0.1) is 0 Å². The molecule has 0 spiro atoms. The molecular formula is C17H22F3N4O6P.